The van der Waals surface area contributed by atoms with Crippen molar-refractivity contribution in [1.82, 2.24) is 4.90 Å². The molecule has 0 spiro atoms. The van der Waals surface area contributed by atoms with Crippen molar-refractivity contribution >= 4 is 0 Å². The van der Waals surface area contributed by atoms with Crippen LogP contribution in [-0.4, -0.2) is 43.3 Å². The van der Waals surface area contributed by atoms with Gasteiger partial charge in [0.15, 0.2) is 0 Å². The maximum Gasteiger partial charge on any atom is 0.0702 e. The molecule has 2 aliphatic heterocycles. The van der Waals surface area contributed by atoms with Crippen molar-refractivity contribution in [2.24, 2.45) is 5.73 Å². The van der Waals surface area contributed by atoms with Crippen LogP contribution in [-0.2, 0) is 4.74 Å². The molecule has 0 radical (unpaired) electrons. The second-order valence-electron chi connectivity index (χ2n) is 3.61. The lowest BCUT2D eigenvalue weighted by molar-refractivity contribution is 0.0434. The maximum absolute atomic E-state index is 5.66. The summed E-state index contributed by atoms with van der Waals surface area (Å²) in [5.41, 5.74) is 5.66. The molecular formula is C8H16N2O. The van der Waals surface area contributed by atoms with E-state index < -0.39 is 0 Å². The van der Waals surface area contributed by atoms with Gasteiger partial charge in [-0.1, -0.05) is 0 Å². The zero-order chi connectivity index (χ0) is 7.68. The number of hydrogen-bond donors (Lipinski definition) is 1. The van der Waals surface area contributed by atoms with E-state index in [0.29, 0.717) is 12.1 Å². The van der Waals surface area contributed by atoms with Crippen LogP contribution in [0.1, 0.15) is 12.8 Å². The van der Waals surface area contributed by atoms with Crippen LogP contribution in [0.25, 0.3) is 0 Å². The van der Waals surface area contributed by atoms with E-state index in [-0.39, 0.29) is 0 Å². The Kier molecular flexibility index (Phi) is 2.11. The highest BCUT2D eigenvalue weighted by molar-refractivity contribution is 4.84. The minimum Gasteiger partial charge on any atom is -0.377 e. The Hall–Kier alpha value is -0.120. The molecule has 2 aliphatic rings. The molecule has 0 aromatic heterocycles. The van der Waals surface area contributed by atoms with Gasteiger partial charge in [0, 0.05) is 32.3 Å². The zero-order valence-electron chi connectivity index (χ0n) is 6.83. The molecule has 2 heterocycles. The first-order valence-corrected chi connectivity index (χ1v) is 4.44. The summed E-state index contributed by atoms with van der Waals surface area (Å²) in [6.45, 7) is 4.21. The average Bonchev–Trinajstić information content (AvgIpc) is 2.36. The number of nitrogens with zero attached hydrogens (tertiary/aromatic N) is 1. The predicted molar refractivity (Wildman–Crippen MR) is 43.4 cm³/mol. The molecule has 0 aliphatic carbocycles. The van der Waals surface area contributed by atoms with E-state index in [2.05, 4.69) is 4.90 Å². The van der Waals surface area contributed by atoms with Gasteiger partial charge in [0.1, 0.15) is 0 Å². The molecule has 0 bridgehead atoms. The van der Waals surface area contributed by atoms with Gasteiger partial charge in [-0.2, -0.15) is 0 Å². The van der Waals surface area contributed by atoms with Crippen molar-refractivity contribution in [2.45, 2.75) is 25.0 Å². The van der Waals surface area contributed by atoms with Crippen molar-refractivity contribution in [1.29, 1.82) is 0 Å². The Balaban J connectivity index is 1.66. The van der Waals surface area contributed by atoms with E-state index in [1.54, 1.807) is 0 Å². The normalized spacial score (nSPS) is 34.1. The van der Waals surface area contributed by atoms with Crippen molar-refractivity contribution in [3.8, 4) is 0 Å². The standard InChI is InChI=1S/C8H16N2O/c9-7-4-10(5-7)6-8-2-1-3-11-8/h7-8H,1-6,9H2. The molecule has 2 fully saturated rings. The van der Waals surface area contributed by atoms with E-state index in [0.717, 1.165) is 26.2 Å². The Morgan fingerprint density at radius 1 is 1.45 bits per heavy atom. The Bertz CT molecular complexity index is 128. The highest BCUT2D eigenvalue weighted by Crippen LogP contribution is 2.15. The van der Waals surface area contributed by atoms with E-state index >= 15 is 0 Å². The third-order valence-electron chi connectivity index (χ3n) is 2.47. The Morgan fingerprint density at radius 3 is 2.82 bits per heavy atom. The third-order valence-corrected chi connectivity index (χ3v) is 2.47. The van der Waals surface area contributed by atoms with Gasteiger partial charge >= 0.3 is 0 Å². The maximum atomic E-state index is 5.66. The Labute approximate surface area is 67.5 Å². The molecule has 2 N–H and O–H groups in total. The smallest absolute Gasteiger partial charge is 0.0702 e. The summed E-state index contributed by atoms with van der Waals surface area (Å²) >= 11 is 0. The lowest BCUT2D eigenvalue weighted by atomic mass is 10.1. The zero-order valence-corrected chi connectivity index (χ0v) is 6.83. The van der Waals surface area contributed by atoms with Crippen LogP contribution in [0.5, 0.6) is 0 Å². The minimum atomic E-state index is 0.427. The minimum absolute atomic E-state index is 0.427. The second kappa shape index (κ2) is 3.09. The van der Waals surface area contributed by atoms with E-state index in [9.17, 15) is 0 Å². The van der Waals surface area contributed by atoms with Gasteiger partial charge in [0.2, 0.25) is 0 Å². The molecule has 64 valence electrons. The van der Waals surface area contributed by atoms with Crippen LogP contribution in [0.15, 0.2) is 0 Å². The van der Waals surface area contributed by atoms with E-state index in [1.807, 2.05) is 0 Å². The lowest BCUT2D eigenvalue weighted by Crippen LogP contribution is -2.57. The summed E-state index contributed by atoms with van der Waals surface area (Å²) in [5, 5.41) is 0. The van der Waals surface area contributed by atoms with Gasteiger partial charge in [0.25, 0.3) is 0 Å². The first kappa shape index (κ1) is 7.53. The predicted octanol–water partition coefficient (Wildman–Crippen LogP) is -0.192. The van der Waals surface area contributed by atoms with Crippen LogP contribution in [0.2, 0.25) is 0 Å². The molecule has 0 saturated carbocycles. The van der Waals surface area contributed by atoms with Crippen LogP contribution in [0.3, 0.4) is 0 Å². The average molecular weight is 156 g/mol. The van der Waals surface area contributed by atoms with Gasteiger partial charge in [-0.05, 0) is 12.8 Å². The van der Waals surface area contributed by atoms with E-state index in [1.165, 1.54) is 12.8 Å². The molecule has 11 heavy (non-hydrogen) atoms. The summed E-state index contributed by atoms with van der Waals surface area (Å²) in [7, 11) is 0. The number of hydrogen-bond acceptors (Lipinski definition) is 3. The summed E-state index contributed by atoms with van der Waals surface area (Å²) in [5.74, 6) is 0. The van der Waals surface area contributed by atoms with Crippen LogP contribution in [0.4, 0.5) is 0 Å². The first-order chi connectivity index (χ1) is 5.34. The fourth-order valence-corrected chi connectivity index (χ4v) is 1.84. The lowest BCUT2D eigenvalue weighted by Gasteiger charge is -2.38. The molecular weight excluding hydrogens is 140 g/mol. The Morgan fingerprint density at radius 2 is 2.27 bits per heavy atom. The molecule has 0 amide bonds. The molecule has 3 nitrogen and oxygen atoms in total. The van der Waals surface area contributed by atoms with Gasteiger partial charge in [0.05, 0.1) is 6.10 Å². The highest BCUT2D eigenvalue weighted by atomic mass is 16.5. The van der Waals surface area contributed by atoms with E-state index in [4.69, 9.17) is 10.5 Å². The van der Waals surface area contributed by atoms with Gasteiger partial charge in [-0.25, -0.2) is 0 Å². The summed E-state index contributed by atoms with van der Waals surface area (Å²) in [4.78, 5) is 2.38. The molecule has 3 heteroatoms. The van der Waals surface area contributed by atoms with Crippen molar-refractivity contribution in [3.05, 3.63) is 0 Å². The second-order valence-corrected chi connectivity index (χ2v) is 3.61. The largest absolute Gasteiger partial charge is 0.377 e. The molecule has 0 aromatic rings. The van der Waals surface area contributed by atoms with Gasteiger partial charge < -0.3 is 10.5 Å². The number of ether oxygens (including phenoxy) is 1. The number of nitrogens with two attached hydrogens (primary N) is 1. The summed E-state index contributed by atoms with van der Waals surface area (Å²) in [6.07, 6.45) is 2.98. The van der Waals surface area contributed by atoms with Crippen LogP contribution < -0.4 is 5.73 Å². The fourth-order valence-electron chi connectivity index (χ4n) is 1.84. The molecule has 1 unspecified atom stereocenters. The molecule has 2 rings (SSSR count). The number of rotatable bonds is 2. The van der Waals surface area contributed by atoms with Crippen LogP contribution >= 0.6 is 0 Å². The first-order valence-electron chi connectivity index (χ1n) is 4.44. The third kappa shape index (κ3) is 1.72. The summed E-state index contributed by atoms with van der Waals surface area (Å²) in [6, 6.07) is 0.427. The molecule has 1 atom stereocenters. The summed E-state index contributed by atoms with van der Waals surface area (Å²) < 4.78 is 5.51. The van der Waals surface area contributed by atoms with Gasteiger partial charge in [-0.15, -0.1) is 0 Å². The highest BCUT2D eigenvalue weighted by Gasteiger charge is 2.27. The molecule has 2 saturated heterocycles. The molecule has 0 aromatic carbocycles. The van der Waals surface area contributed by atoms with Gasteiger partial charge in [-0.3, -0.25) is 4.90 Å². The van der Waals surface area contributed by atoms with Crippen molar-refractivity contribution < 1.29 is 4.74 Å². The van der Waals surface area contributed by atoms with Crippen LogP contribution in [0, 0.1) is 0 Å². The van der Waals surface area contributed by atoms with Crippen molar-refractivity contribution in [3.63, 3.8) is 0 Å². The van der Waals surface area contributed by atoms with Crippen molar-refractivity contribution in [2.75, 3.05) is 26.2 Å². The quantitative estimate of drug-likeness (QED) is 0.602. The SMILES string of the molecule is NC1CN(CC2CCCO2)C1. The number of likely N-dealkylation sites (tertiary alicyclic amines) is 1. The topological polar surface area (TPSA) is 38.5 Å². The fraction of sp³-hybridized carbons (Fsp3) is 1.00. The monoisotopic (exact) mass is 156 g/mol.